The summed E-state index contributed by atoms with van der Waals surface area (Å²) in [4.78, 5) is 12.3. The molecule has 1 aromatic heterocycles. The predicted octanol–water partition coefficient (Wildman–Crippen LogP) is 2.39. The molecule has 1 aliphatic carbocycles. The van der Waals surface area contributed by atoms with Crippen LogP contribution < -0.4 is 11.1 Å². The van der Waals surface area contributed by atoms with Crippen LogP contribution in [0, 0.1) is 11.8 Å². The van der Waals surface area contributed by atoms with Gasteiger partial charge < -0.3 is 11.1 Å². The van der Waals surface area contributed by atoms with Crippen molar-refractivity contribution in [1.29, 1.82) is 0 Å². The van der Waals surface area contributed by atoms with Crippen LogP contribution in [0.25, 0.3) is 11.3 Å². The zero-order valence-electron chi connectivity index (χ0n) is 11.9. The molecule has 0 radical (unpaired) electrons. The highest BCUT2D eigenvalue weighted by Crippen LogP contribution is 2.32. The van der Waals surface area contributed by atoms with Gasteiger partial charge in [-0.05, 0) is 49.1 Å². The third-order valence-corrected chi connectivity index (χ3v) is 4.26. The molecular weight excluding hydrogens is 264 g/mol. The fraction of sp³-hybridized carbons (Fsp3) is 0.375. The van der Waals surface area contributed by atoms with Crippen molar-refractivity contribution in [2.75, 3.05) is 11.9 Å². The smallest absolute Gasteiger partial charge is 0.227 e. The Balaban J connectivity index is 1.66. The Morgan fingerprint density at radius 1 is 1.29 bits per heavy atom. The Morgan fingerprint density at radius 3 is 2.76 bits per heavy atom. The fourth-order valence-electron chi connectivity index (χ4n) is 3.05. The maximum Gasteiger partial charge on any atom is 0.227 e. The maximum absolute atomic E-state index is 12.3. The van der Waals surface area contributed by atoms with E-state index in [1.165, 1.54) is 0 Å². The van der Waals surface area contributed by atoms with Crippen LogP contribution in [-0.2, 0) is 4.79 Å². The van der Waals surface area contributed by atoms with Crippen LogP contribution >= 0.6 is 0 Å². The van der Waals surface area contributed by atoms with Crippen LogP contribution in [0.4, 0.5) is 5.69 Å². The first kappa shape index (κ1) is 13.8. The van der Waals surface area contributed by atoms with Gasteiger partial charge in [-0.15, -0.1) is 0 Å². The molecule has 0 saturated heterocycles. The van der Waals surface area contributed by atoms with E-state index in [1.807, 2.05) is 30.3 Å². The van der Waals surface area contributed by atoms with E-state index in [0.29, 0.717) is 12.5 Å². The minimum Gasteiger partial charge on any atom is -0.330 e. The Kier molecular flexibility index (Phi) is 4.01. The van der Waals surface area contributed by atoms with Gasteiger partial charge in [0.15, 0.2) is 0 Å². The van der Waals surface area contributed by atoms with Gasteiger partial charge in [0.05, 0.1) is 5.69 Å². The molecule has 1 aliphatic rings. The van der Waals surface area contributed by atoms with Crippen LogP contribution in [0.3, 0.4) is 0 Å². The molecule has 2 aromatic rings. The van der Waals surface area contributed by atoms with Crippen molar-refractivity contribution in [1.82, 2.24) is 10.2 Å². The highest BCUT2D eigenvalue weighted by molar-refractivity contribution is 5.93. The molecule has 1 heterocycles. The summed E-state index contributed by atoms with van der Waals surface area (Å²) >= 11 is 0. The molecule has 0 spiro atoms. The first-order valence-electron chi connectivity index (χ1n) is 7.38. The lowest BCUT2D eigenvalue weighted by molar-refractivity contribution is -0.120. The van der Waals surface area contributed by atoms with E-state index in [2.05, 4.69) is 15.5 Å². The number of hydrogen-bond donors (Lipinski definition) is 3. The van der Waals surface area contributed by atoms with Gasteiger partial charge in [0.1, 0.15) is 0 Å². The summed E-state index contributed by atoms with van der Waals surface area (Å²) in [6, 6.07) is 9.69. The number of rotatable bonds is 4. The summed E-state index contributed by atoms with van der Waals surface area (Å²) in [6.45, 7) is 0.594. The van der Waals surface area contributed by atoms with E-state index >= 15 is 0 Å². The molecule has 5 nitrogen and oxygen atoms in total. The van der Waals surface area contributed by atoms with Gasteiger partial charge in [-0.2, -0.15) is 5.10 Å². The monoisotopic (exact) mass is 284 g/mol. The van der Waals surface area contributed by atoms with Gasteiger partial charge in [0, 0.05) is 17.8 Å². The van der Waals surface area contributed by atoms with Crippen molar-refractivity contribution in [2.24, 2.45) is 17.6 Å². The first-order valence-corrected chi connectivity index (χ1v) is 7.38. The molecule has 21 heavy (non-hydrogen) atoms. The number of benzene rings is 1. The van der Waals surface area contributed by atoms with Crippen molar-refractivity contribution in [3.63, 3.8) is 0 Å². The minimum atomic E-state index is 0.0577. The van der Waals surface area contributed by atoms with Crippen molar-refractivity contribution >= 4 is 11.6 Å². The summed E-state index contributed by atoms with van der Waals surface area (Å²) in [6.07, 6.45) is 4.82. The van der Waals surface area contributed by atoms with Crippen LogP contribution in [0.15, 0.2) is 36.5 Å². The number of carbonyl (C=O) groups is 1. The average molecular weight is 284 g/mol. The summed E-state index contributed by atoms with van der Waals surface area (Å²) in [5, 5.41) is 9.85. The third kappa shape index (κ3) is 2.97. The molecule has 0 aliphatic heterocycles. The van der Waals surface area contributed by atoms with Crippen molar-refractivity contribution in [3.8, 4) is 11.3 Å². The van der Waals surface area contributed by atoms with Crippen LogP contribution in [0.5, 0.6) is 0 Å². The number of anilines is 1. The number of H-pyrrole nitrogens is 1. The second kappa shape index (κ2) is 6.10. The van der Waals surface area contributed by atoms with E-state index in [-0.39, 0.29) is 11.8 Å². The number of hydrogen-bond acceptors (Lipinski definition) is 3. The summed E-state index contributed by atoms with van der Waals surface area (Å²) in [5.74, 6) is 0.480. The van der Waals surface area contributed by atoms with Gasteiger partial charge in [-0.3, -0.25) is 9.89 Å². The number of nitrogens with one attached hydrogen (secondary N) is 2. The Bertz CT molecular complexity index is 591. The second-order valence-electron chi connectivity index (χ2n) is 5.57. The standard InChI is InChI=1S/C16H20N4O/c17-10-12-2-1-3-14(12)16(21)19-13-6-4-11(5-7-13)15-8-9-18-20-15/h4-9,12,14H,1-3,10,17H2,(H,18,20)(H,19,21). The van der Waals surface area contributed by atoms with E-state index in [9.17, 15) is 4.79 Å². The van der Waals surface area contributed by atoms with Gasteiger partial charge in [-0.1, -0.05) is 18.6 Å². The Morgan fingerprint density at radius 2 is 2.10 bits per heavy atom. The molecule has 1 amide bonds. The molecule has 1 saturated carbocycles. The van der Waals surface area contributed by atoms with Gasteiger partial charge >= 0.3 is 0 Å². The normalized spacial score (nSPS) is 21.4. The highest BCUT2D eigenvalue weighted by atomic mass is 16.1. The summed E-state index contributed by atoms with van der Waals surface area (Å²) in [5.41, 5.74) is 8.58. The molecule has 5 heteroatoms. The average Bonchev–Trinajstić information content (AvgIpc) is 3.19. The Hall–Kier alpha value is -2.14. The topological polar surface area (TPSA) is 83.8 Å². The zero-order valence-corrected chi connectivity index (χ0v) is 11.9. The van der Waals surface area contributed by atoms with E-state index in [4.69, 9.17) is 5.73 Å². The van der Waals surface area contributed by atoms with Gasteiger partial charge in [-0.25, -0.2) is 0 Å². The molecule has 1 fully saturated rings. The van der Waals surface area contributed by atoms with Crippen molar-refractivity contribution in [2.45, 2.75) is 19.3 Å². The number of aromatic amines is 1. The molecule has 4 N–H and O–H groups in total. The molecular formula is C16H20N4O. The third-order valence-electron chi connectivity index (χ3n) is 4.26. The van der Waals surface area contributed by atoms with Crippen molar-refractivity contribution in [3.05, 3.63) is 36.5 Å². The highest BCUT2D eigenvalue weighted by Gasteiger charge is 2.31. The van der Waals surface area contributed by atoms with E-state index in [0.717, 1.165) is 36.2 Å². The first-order chi connectivity index (χ1) is 10.3. The van der Waals surface area contributed by atoms with Crippen LogP contribution in [0.2, 0.25) is 0 Å². The van der Waals surface area contributed by atoms with Crippen LogP contribution in [0.1, 0.15) is 19.3 Å². The van der Waals surface area contributed by atoms with E-state index < -0.39 is 0 Å². The molecule has 0 bridgehead atoms. The number of aromatic nitrogens is 2. The van der Waals surface area contributed by atoms with Crippen molar-refractivity contribution < 1.29 is 4.79 Å². The SMILES string of the molecule is NCC1CCCC1C(=O)Nc1ccc(-c2ccn[nH]2)cc1. The fourth-order valence-corrected chi connectivity index (χ4v) is 3.05. The lowest BCUT2D eigenvalue weighted by Crippen LogP contribution is -2.29. The summed E-state index contributed by atoms with van der Waals surface area (Å²) < 4.78 is 0. The summed E-state index contributed by atoms with van der Waals surface area (Å²) in [7, 11) is 0. The molecule has 110 valence electrons. The zero-order chi connectivity index (χ0) is 14.7. The maximum atomic E-state index is 12.3. The predicted molar refractivity (Wildman–Crippen MR) is 82.5 cm³/mol. The number of nitrogens with zero attached hydrogens (tertiary/aromatic N) is 1. The molecule has 1 aromatic carbocycles. The van der Waals surface area contributed by atoms with Gasteiger partial charge in [0.2, 0.25) is 5.91 Å². The quantitative estimate of drug-likeness (QED) is 0.806. The molecule has 3 rings (SSSR count). The number of nitrogens with two attached hydrogens (primary N) is 1. The Labute approximate surface area is 123 Å². The number of carbonyl (C=O) groups excluding carboxylic acids is 1. The van der Waals surface area contributed by atoms with Gasteiger partial charge in [0.25, 0.3) is 0 Å². The number of amides is 1. The second-order valence-corrected chi connectivity index (χ2v) is 5.57. The minimum absolute atomic E-state index is 0.0577. The van der Waals surface area contributed by atoms with E-state index in [1.54, 1.807) is 6.20 Å². The lowest BCUT2D eigenvalue weighted by Gasteiger charge is -2.17. The largest absolute Gasteiger partial charge is 0.330 e. The molecule has 2 atom stereocenters. The van der Waals surface area contributed by atoms with Crippen LogP contribution in [-0.4, -0.2) is 22.6 Å². The molecule has 2 unspecified atom stereocenters. The lowest BCUT2D eigenvalue weighted by atomic mass is 9.95.